The Kier molecular flexibility index (Phi) is 3.54. The Labute approximate surface area is 121 Å². The predicted octanol–water partition coefficient (Wildman–Crippen LogP) is 1.81. The van der Waals surface area contributed by atoms with Crippen LogP contribution in [0.25, 0.3) is 0 Å². The van der Waals surface area contributed by atoms with E-state index in [-0.39, 0.29) is 11.9 Å². The zero-order chi connectivity index (χ0) is 13.4. The number of nitrogens with one attached hydrogen (secondary N) is 1. The first kappa shape index (κ1) is 13.0. The van der Waals surface area contributed by atoms with Crippen molar-refractivity contribution in [3.63, 3.8) is 0 Å². The number of carbonyl (C=O) groups is 1. The molecule has 0 saturated carbocycles. The molecule has 1 amide bonds. The molecule has 2 aliphatic rings. The SMILES string of the molecule is CC(=O)N1CCC(Nc2nc(Cl)nc3c2SCC3)C1. The first-order valence-corrected chi connectivity index (χ1v) is 7.71. The van der Waals surface area contributed by atoms with Crippen LogP contribution in [0.15, 0.2) is 4.90 Å². The standard InChI is InChI=1S/C12H15ClN4OS/c1-7(18)17-4-2-8(6-17)14-11-10-9(3-5-19-10)15-12(13)16-11/h8H,2-6H2,1H3,(H,14,15,16). The molecule has 3 rings (SSSR count). The lowest BCUT2D eigenvalue weighted by Crippen LogP contribution is -2.30. The van der Waals surface area contributed by atoms with Crippen molar-refractivity contribution in [2.45, 2.75) is 30.7 Å². The van der Waals surface area contributed by atoms with E-state index in [1.165, 1.54) is 0 Å². The summed E-state index contributed by atoms with van der Waals surface area (Å²) in [6.45, 7) is 3.15. The van der Waals surface area contributed by atoms with Gasteiger partial charge < -0.3 is 10.2 Å². The molecule has 7 heteroatoms. The number of likely N-dealkylation sites (tertiary alicyclic amines) is 1. The first-order valence-electron chi connectivity index (χ1n) is 6.35. The number of anilines is 1. The molecule has 19 heavy (non-hydrogen) atoms. The molecule has 1 N–H and O–H groups in total. The van der Waals surface area contributed by atoms with Gasteiger partial charge in [0.05, 0.1) is 10.6 Å². The van der Waals surface area contributed by atoms with Crippen molar-refractivity contribution >= 4 is 35.1 Å². The summed E-state index contributed by atoms with van der Waals surface area (Å²) in [4.78, 5) is 22.9. The van der Waals surface area contributed by atoms with Gasteiger partial charge in [-0.05, 0) is 18.0 Å². The number of thioether (sulfide) groups is 1. The molecule has 3 heterocycles. The molecular weight excluding hydrogens is 284 g/mol. The van der Waals surface area contributed by atoms with E-state index in [2.05, 4.69) is 15.3 Å². The third kappa shape index (κ3) is 2.65. The quantitative estimate of drug-likeness (QED) is 0.844. The third-order valence-electron chi connectivity index (χ3n) is 3.47. The monoisotopic (exact) mass is 298 g/mol. The van der Waals surface area contributed by atoms with Gasteiger partial charge in [0.15, 0.2) is 0 Å². The smallest absolute Gasteiger partial charge is 0.224 e. The molecule has 1 fully saturated rings. The molecule has 0 spiro atoms. The van der Waals surface area contributed by atoms with Crippen LogP contribution in [-0.2, 0) is 11.2 Å². The average Bonchev–Trinajstić information content (AvgIpc) is 2.96. The van der Waals surface area contributed by atoms with Crippen LogP contribution in [0.4, 0.5) is 5.82 Å². The molecule has 0 aromatic carbocycles. The van der Waals surface area contributed by atoms with Gasteiger partial charge in [0.1, 0.15) is 5.82 Å². The summed E-state index contributed by atoms with van der Waals surface area (Å²) in [5, 5.41) is 3.71. The Balaban J connectivity index is 1.76. The van der Waals surface area contributed by atoms with Gasteiger partial charge in [-0.15, -0.1) is 11.8 Å². The highest BCUT2D eigenvalue weighted by Crippen LogP contribution is 2.36. The number of hydrogen-bond acceptors (Lipinski definition) is 5. The number of halogens is 1. The summed E-state index contributed by atoms with van der Waals surface area (Å²) < 4.78 is 0. The average molecular weight is 299 g/mol. The lowest BCUT2D eigenvalue weighted by atomic mass is 10.2. The normalized spacial score (nSPS) is 21.6. The lowest BCUT2D eigenvalue weighted by Gasteiger charge is -2.17. The zero-order valence-electron chi connectivity index (χ0n) is 10.6. The Morgan fingerprint density at radius 3 is 3.11 bits per heavy atom. The molecule has 102 valence electrons. The minimum Gasteiger partial charge on any atom is -0.364 e. The largest absolute Gasteiger partial charge is 0.364 e. The number of aryl methyl sites for hydroxylation is 1. The molecule has 1 atom stereocenters. The van der Waals surface area contributed by atoms with Crippen LogP contribution in [0.2, 0.25) is 5.28 Å². The van der Waals surface area contributed by atoms with Crippen LogP contribution in [0.3, 0.4) is 0 Å². The number of rotatable bonds is 2. The Morgan fingerprint density at radius 1 is 1.53 bits per heavy atom. The van der Waals surface area contributed by atoms with Crippen molar-refractivity contribution < 1.29 is 4.79 Å². The maximum atomic E-state index is 11.3. The number of nitrogens with zero attached hydrogens (tertiary/aromatic N) is 3. The van der Waals surface area contributed by atoms with Gasteiger partial charge in [-0.3, -0.25) is 4.79 Å². The molecule has 1 unspecified atom stereocenters. The van der Waals surface area contributed by atoms with E-state index in [0.717, 1.165) is 48.1 Å². The molecule has 1 aromatic rings. The van der Waals surface area contributed by atoms with Gasteiger partial charge in [0.25, 0.3) is 0 Å². The van der Waals surface area contributed by atoms with Crippen LogP contribution in [0.1, 0.15) is 19.0 Å². The number of fused-ring (bicyclic) bond motifs is 1. The van der Waals surface area contributed by atoms with Crippen molar-refractivity contribution in [1.29, 1.82) is 0 Å². The molecule has 0 radical (unpaired) electrons. The number of aromatic nitrogens is 2. The molecule has 5 nitrogen and oxygen atoms in total. The topological polar surface area (TPSA) is 58.1 Å². The molecule has 0 bridgehead atoms. The van der Waals surface area contributed by atoms with Gasteiger partial charge in [-0.1, -0.05) is 0 Å². The summed E-state index contributed by atoms with van der Waals surface area (Å²) in [6.07, 6.45) is 1.89. The molecular formula is C12H15ClN4OS. The van der Waals surface area contributed by atoms with Gasteiger partial charge in [0.2, 0.25) is 11.2 Å². The fourth-order valence-electron chi connectivity index (χ4n) is 2.49. The molecule has 1 saturated heterocycles. The maximum Gasteiger partial charge on any atom is 0.224 e. The summed E-state index contributed by atoms with van der Waals surface area (Å²) in [7, 11) is 0. The van der Waals surface area contributed by atoms with E-state index in [9.17, 15) is 4.79 Å². The lowest BCUT2D eigenvalue weighted by molar-refractivity contribution is -0.127. The first-order chi connectivity index (χ1) is 9.13. The van der Waals surface area contributed by atoms with Gasteiger partial charge in [0, 0.05) is 38.2 Å². The second-order valence-corrected chi connectivity index (χ2v) is 6.25. The second kappa shape index (κ2) is 5.17. The van der Waals surface area contributed by atoms with Crippen molar-refractivity contribution in [3.05, 3.63) is 11.0 Å². The van der Waals surface area contributed by atoms with E-state index in [1.54, 1.807) is 18.7 Å². The van der Waals surface area contributed by atoms with Crippen molar-refractivity contribution in [2.75, 3.05) is 24.2 Å². The minimum absolute atomic E-state index is 0.129. The highest BCUT2D eigenvalue weighted by atomic mass is 35.5. The van der Waals surface area contributed by atoms with E-state index in [0.29, 0.717) is 5.28 Å². The Hall–Kier alpha value is -1.01. The van der Waals surface area contributed by atoms with Crippen molar-refractivity contribution in [2.24, 2.45) is 0 Å². The zero-order valence-corrected chi connectivity index (χ0v) is 12.2. The Morgan fingerprint density at radius 2 is 2.37 bits per heavy atom. The molecule has 0 aliphatic carbocycles. The van der Waals surface area contributed by atoms with Crippen LogP contribution >= 0.6 is 23.4 Å². The summed E-state index contributed by atoms with van der Waals surface area (Å²) in [5.74, 6) is 1.99. The highest BCUT2D eigenvalue weighted by molar-refractivity contribution is 7.99. The van der Waals surface area contributed by atoms with Gasteiger partial charge in [-0.25, -0.2) is 4.98 Å². The van der Waals surface area contributed by atoms with Crippen LogP contribution in [0.5, 0.6) is 0 Å². The van der Waals surface area contributed by atoms with E-state index in [1.807, 2.05) is 4.90 Å². The summed E-state index contributed by atoms with van der Waals surface area (Å²) in [5.41, 5.74) is 1.04. The predicted molar refractivity (Wildman–Crippen MR) is 75.8 cm³/mol. The minimum atomic E-state index is 0.129. The Bertz CT molecular complexity index is 525. The molecule has 2 aliphatic heterocycles. The summed E-state index contributed by atoms with van der Waals surface area (Å²) in [6, 6.07) is 0.250. The highest BCUT2D eigenvalue weighted by Gasteiger charge is 2.27. The maximum absolute atomic E-state index is 11.3. The fraction of sp³-hybridized carbons (Fsp3) is 0.583. The second-order valence-electron chi connectivity index (χ2n) is 4.81. The number of carbonyl (C=O) groups excluding carboxylic acids is 1. The summed E-state index contributed by atoms with van der Waals surface area (Å²) >= 11 is 7.72. The van der Waals surface area contributed by atoms with E-state index in [4.69, 9.17) is 11.6 Å². The van der Waals surface area contributed by atoms with Crippen LogP contribution < -0.4 is 5.32 Å². The van der Waals surface area contributed by atoms with Crippen molar-refractivity contribution in [1.82, 2.24) is 14.9 Å². The molecule has 1 aromatic heterocycles. The van der Waals surface area contributed by atoms with Crippen molar-refractivity contribution in [3.8, 4) is 0 Å². The van der Waals surface area contributed by atoms with E-state index >= 15 is 0 Å². The van der Waals surface area contributed by atoms with E-state index < -0.39 is 0 Å². The third-order valence-corrected chi connectivity index (χ3v) is 4.76. The van der Waals surface area contributed by atoms with Gasteiger partial charge >= 0.3 is 0 Å². The van der Waals surface area contributed by atoms with Gasteiger partial charge in [-0.2, -0.15) is 4.98 Å². The number of hydrogen-bond donors (Lipinski definition) is 1. The fourth-order valence-corrected chi connectivity index (χ4v) is 3.73. The number of amides is 1. The van der Waals surface area contributed by atoms with Crippen LogP contribution in [-0.4, -0.2) is 45.7 Å². The van der Waals surface area contributed by atoms with Crippen LogP contribution in [0, 0.1) is 0 Å².